The summed E-state index contributed by atoms with van der Waals surface area (Å²) in [5.41, 5.74) is 28.2. The van der Waals surface area contributed by atoms with E-state index in [2.05, 4.69) is 291 Å². The molecule has 0 amide bonds. The third-order valence-corrected chi connectivity index (χ3v) is 18.3. The summed E-state index contributed by atoms with van der Waals surface area (Å²) in [7, 11) is 0. The van der Waals surface area contributed by atoms with E-state index in [0.29, 0.717) is 11.8 Å². The lowest BCUT2D eigenvalue weighted by Gasteiger charge is -2.40. The molecule has 0 N–H and O–H groups in total. The highest BCUT2D eigenvalue weighted by atomic mass is 15.2. The average molecular weight is 1000 g/mol. The first-order valence-corrected chi connectivity index (χ1v) is 28.1. The molecule has 2 heteroatoms. The van der Waals surface area contributed by atoms with Crippen molar-refractivity contribution in [2.45, 2.75) is 50.4 Å². The number of nitrogens with zero attached hydrogens (tertiary/aromatic N) is 2. The predicted molar refractivity (Wildman–Crippen MR) is 326 cm³/mol. The van der Waals surface area contributed by atoms with Gasteiger partial charge in [-0.05, 0) is 187 Å². The topological polar surface area (TPSA) is 6.48 Å². The molecule has 0 aliphatic heterocycles. The Morgan fingerprint density at radius 2 is 0.744 bits per heavy atom. The molecule has 1 fully saturated rings. The molecule has 4 aliphatic carbocycles. The number of anilines is 6. The van der Waals surface area contributed by atoms with Crippen LogP contribution in [0.3, 0.4) is 0 Å². The second kappa shape index (κ2) is 18.4. The standard InChI is InChI=1S/C76H60N2/c1-75(2)67-38-19-18-35-65(67)72-66(53-27-12-5-13-28-53)49-62(50-68(72)75)78(60-33-16-7-17-34-60)70-40-21-30-56-48-58-44-43-57-47-55-29-20-39-69(73(55)76(57,58)74(56)70)77(59-31-14-6-15-32-59)61-45-41-54(42-46-61)71-63(51-23-8-3-9-24-51)36-22-37-64(71)52-25-10-4-11-26-52/h3-42,45-46,49-50,57-58H,43-44,47-48H2,1-2H3. The van der Waals surface area contributed by atoms with Gasteiger partial charge in [-0.1, -0.05) is 220 Å². The number of rotatable bonds is 10. The van der Waals surface area contributed by atoms with Crippen molar-refractivity contribution < 1.29 is 0 Å². The maximum atomic E-state index is 2.64. The fourth-order valence-electron chi connectivity index (χ4n) is 15.2. The molecule has 0 saturated heterocycles. The van der Waals surface area contributed by atoms with E-state index >= 15 is 0 Å². The molecule has 1 spiro atoms. The second-order valence-corrected chi connectivity index (χ2v) is 22.7. The minimum atomic E-state index is -0.203. The quantitative estimate of drug-likeness (QED) is 0.135. The third-order valence-electron chi connectivity index (χ3n) is 18.3. The highest BCUT2D eigenvalue weighted by Crippen LogP contribution is 2.69. The van der Waals surface area contributed by atoms with E-state index in [4.69, 9.17) is 0 Å². The van der Waals surface area contributed by atoms with Crippen molar-refractivity contribution in [3.8, 4) is 55.6 Å². The predicted octanol–water partition coefficient (Wildman–Crippen LogP) is 20.0. The summed E-state index contributed by atoms with van der Waals surface area (Å²) in [5, 5.41) is 0. The first kappa shape index (κ1) is 46.3. The Hall–Kier alpha value is -8.98. The SMILES string of the molecule is CC1(C)c2ccccc2-c2c(-c3ccccc3)cc(N(c3ccccc3)c3cccc4c3C35c6c(cccc6N(c6ccccc6)c6ccc(-c7c(-c8ccccc8)cccc7-c7ccccc7)cc6)CC3CCC5C4)cc21. The fraction of sp³-hybridized carbons (Fsp3) is 0.132. The molecule has 3 unspecified atom stereocenters. The largest absolute Gasteiger partial charge is 0.310 e. The smallest absolute Gasteiger partial charge is 0.0505 e. The Bertz CT molecular complexity index is 3990. The summed E-state index contributed by atoms with van der Waals surface area (Å²) in [6, 6.07) is 100. The summed E-state index contributed by atoms with van der Waals surface area (Å²) < 4.78 is 0. The summed E-state index contributed by atoms with van der Waals surface area (Å²) in [6.45, 7) is 4.84. The molecule has 11 aromatic rings. The molecule has 2 nitrogen and oxygen atoms in total. The Labute approximate surface area is 459 Å². The van der Waals surface area contributed by atoms with Gasteiger partial charge in [0.15, 0.2) is 0 Å². The Balaban J connectivity index is 0.929. The van der Waals surface area contributed by atoms with Gasteiger partial charge in [-0.2, -0.15) is 0 Å². The maximum Gasteiger partial charge on any atom is 0.0505 e. The highest BCUT2D eigenvalue weighted by molar-refractivity contribution is 5.98. The molecule has 11 aromatic carbocycles. The van der Waals surface area contributed by atoms with Crippen LogP contribution in [0.5, 0.6) is 0 Å². The molecule has 374 valence electrons. The van der Waals surface area contributed by atoms with Crippen molar-refractivity contribution in [2.24, 2.45) is 11.8 Å². The minimum absolute atomic E-state index is 0.194. The van der Waals surface area contributed by atoms with Crippen LogP contribution in [-0.2, 0) is 23.7 Å². The molecule has 4 aliphatic rings. The van der Waals surface area contributed by atoms with Crippen LogP contribution in [0.1, 0.15) is 60.1 Å². The van der Waals surface area contributed by atoms with E-state index in [-0.39, 0.29) is 10.8 Å². The third kappa shape index (κ3) is 7.09. The molecule has 0 radical (unpaired) electrons. The zero-order chi connectivity index (χ0) is 52.0. The molecule has 0 bridgehead atoms. The number of hydrogen-bond acceptors (Lipinski definition) is 2. The molecule has 15 rings (SSSR count). The Kier molecular flexibility index (Phi) is 10.9. The lowest BCUT2D eigenvalue weighted by Crippen LogP contribution is -2.34. The van der Waals surface area contributed by atoms with Crippen LogP contribution in [0.25, 0.3) is 55.6 Å². The van der Waals surface area contributed by atoms with Crippen LogP contribution in [0.2, 0.25) is 0 Å². The van der Waals surface area contributed by atoms with Crippen molar-refractivity contribution in [3.63, 3.8) is 0 Å². The summed E-state index contributed by atoms with van der Waals surface area (Å²) in [6.07, 6.45) is 4.57. The van der Waals surface area contributed by atoms with Crippen LogP contribution in [-0.4, -0.2) is 0 Å². The van der Waals surface area contributed by atoms with Gasteiger partial charge in [-0.15, -0.1) is 0 Å². The van der Waals surface area contributed by atoms with Gasteiger partial charge in [0, 0.05) is 33.6 Å². The molecule has 1 saturated carbocycles. The van der Waals surface area contributed by atoms with Crippen molar-refractivity contribution in [1.82, 2.24) is 0 Å². The normalized spacial score (nSPS) is 17.8. The van der Waals surface area contributed by atoms with Gasteiger partial charge in [0.2, 0.25) is 0 Å². The van der Waals surface area contributed by atoms with Crippen LogP contribution in [0, 0.1) is 11.8 Å². The van der Waals surface area contributed by atoms with Crippen molar-refractivity contribution >= 4 is 34.1 Å². The number of hydrogen-bond donors (Lipinski definition) is 0. The average Bonchev–Trinajstić information content (AvgIpc) is 3.73. The first-order chi connectivity index (χ1) is 38.5. The van der Waals surface area contributed by atoms with E-state index in [1.807, 2.05) is 0 Å². The molecule has 3 atom stereocenters. The highest BCUT2D eigenvalue weighted by Gasteiger charge is 2.62. The summed E-state index contributed by atoms with van der Waals surface area (Å²) in [5.74, 6) is 0.941. The molecule has 0 aromatic heterocycles. The van der Waals surface area contributed by atoms with Crippen molar-refractivity contribution in [2.75, 3.05) is 9.80 Å². The summed E-state index contributed by atoms with van der Waals surface area (Å²) >= 11 is 0. The van der Waals surface area contributed by atoms with Gasteiger partial charge >= 0.3 is 0 Å². The van der Waals surface area contributed by atoms with Crippen LogP contribution < -0.4 is 9.80 Å². The number of fused-ring (bicyclic) bond motifs is 5. The number of benzene rings is 11. The zero-order valence-corrected chi connectivity index (χ0v) is 44.3. The monoisotopic (exact) mass is 1000 g/mol. The van der Waals surface area contributed by atoms with E-state index in [1.165, 1.54) is 125 Å². The zero-order valence-electron chi connectivity index (χ0n) is 44.3. The maximum absolute atomic E-state index is 2.64. The van der Waals surface area contributed by atoms with E-state index in [9.17, 15) is 0 Å². The van der Waals surface area contributed by atoms with E-state index < -0.39 is 0 Å². The van der Waals surface area contributed by atoms with E-state index in [1.54, 1.807) is 0 Å². The lowest BCUT2D eigenvalue weighted by atomic mass is 9.68. The van der Waals surface area contributed by atoms with Crippen molar-refractivity contribution in [1.29, 1.82) is 0 Å². The van der Waals surface area contributed by atoms with Crippen molar-refractivity contribution in [3.05, 3.63) is 300 Å². The van der Waals surface area contributed by atoms with E-state index in [0.717, 1.165) is 24.2 Å². The Morgan fingerprint density at radius 1 is 0.321 bits per heavy atom. The number of para-hydroxylation sites is 2. The first-order valence-electron chi connectivity index (χ1n) is 28.1. The van der Waals surface area contributed by atoms with Gasteiger partial charge in [0.25, 0.3) is 0 Å². The van der Waals surface area contributed by atoms with Crippen LogP contribution in [0.15, 0.2) is 267 Å². The minimum Gasteiger partial charge on any atom is -0.310 e. The lowest BCUT2D eigenvalue weighted by molar-refractivity contribution is 0.350. The van der Waals surface area contributed by atoms with Gasteiger partial charge in [-0.3, -0.25) is 0 Å². The second-order valence-electron chi connectivity index (χ2n) is 22.7. The van der Waals surface area contributed by atoms with Crippen LogP contribution >= 0.6 is 0 Å². The summed E-state index contributed by atoms with van der Waals surface area (Å²) in [4.78, 5) is 5.22. The van der Waals surface area contributed by atoms with Crippen LogP contribution in [0.4, 0.5) is 34.1 Å². The van der Waals surface area contributed by atoms with Gasteiger partial charge in [-0.25, -0.2) is 0 Å². The van der Waals surface area contributed by atoms with Gasteiger partial charge < -0.3 is 9.80 Å². The fourth-order valence-corrected chi connectivity index (χ4v) is 15.2. The molecular formula is C76H60N2. The Morgan fingerprint density at radius 3 is 1.27 bits per heavy atom. The molecule has 78 heavy (non-hydrogen) atoms. The van der Waals surface area contributed by atoms with Gasteiger partial charge in [0.05, 0.1) is 11.4 Å². The molecule has 0 heterocycles. The molecular weight excluding hydrogens is 941 g/mol. The van der Waals surface area contributed by atoms with Gasteiger partial charge in [0.1, 0.15) is 0 Å².